The number of ether oxygens (including phenoxy) is 2. The van der Waals surface area contributed by atoms with Gasteiger partial charge in [-0.3, -0.25) is 9.78 Å². The number of halogens is 1. The second kappa shape index (κ2) is 7.80. The van der Waals surface area contributed by atoms with Crippen molar-refractivity contribution in [3.63, 3.8) is 0 Å². The highest BCUT2D eigenvalue weighted by Crippen LogP contribution is 2.34. The van der Waals surface area contributed by atoms with E-state index in [9.17, 15) is 4.79 Å². The van der Waals surface area contributed by atoms with Crippen molar-refractivity contribution in [2.75, 3.05) is 13.2 Å². The molecule has 0 bridgehead atoms. The van der Waals surface area contributed by atoms with Crippen molar-refractivity contribution in [3.8, 4) is 11.5 Å². The van der Waals surface area contributed by atoms with Crippen molar-refractivity contribution in [1.82, 2.24) is 10.3 Å². The van der Waals surface area contributed by atoms with Gasteiger partial charge in [0.2, 0.25) is 0 Å². The molecule has 2 heterocycles. The fraction of sp³-hybridized carbons (Fsp3) is 0.333. The number of nitrogens with zero attached hydrogens (tertiary/aromatic N) is 1. The number of benzene rings is 2. The fourth-order valence-corrected chi connectivity index (χ4v) is 4.56. The summed E-state index contributed by atoms with van der Waals surface area (Å²) in [5.74, 6) is 1.31. The molecule has 0 spiro atoms. The second-order valence-electron chi connectivity index (χ2n) is 7.89. The Morgan fingerprint density at radius 3 is 2.73 bits per heavy atom. The van der Waals surface area contributed by atoms with Crippen LogP contribution in [0, 0.1) is 0 Å². The Hall–Kier alpha value is -2.79. The van der Waals surface area contributed by atoms with Gasteiger partial charge in [0.15, 0.2) is 11.5 Å². The lowest BCUT2D eigenvalue weighted by Gasteiger charge is -2.21. The van der Waals surface area contributed by atoms with Gasteiger partial charge in [0.25, 0.3) is 5.91 Å². The average Bonchev–Trinajstić information content (AvgIpc) is 2.78. The third kappa shape index (κ3) is 3.47. The molecule has 154 valence electrons. The smallest absolute Gasteiger partial charge is 0.251 e. The van der Waals surface area contributed by atoms with Gasteiger partial charge in [-0.2, -0.15) is 0 Å². The van der Waals surface area contributed by atoms with Gasteiger partial charge in [-0.05, 0) is 68.0 Å². The molecule has 0 fully saturated rings. The number of rotatable bonds is 3. The van der Waals surface area contributed by atoms with Crippen LogP contribution in [0.1, 0.15) is 53.0 Å². The molecule has 2 aliphatic rings. The van der Waals surface area contributed by atoms with Gasteiger partial charge < -0.3 is 14.8 Å². The highest BCUT2D eigenvalue weighted by molar-refractivity contribution is 6.36. The Labute approximate surface area is 180 Å². The van der Waals surface area contributed by atoms with E-state index in [0.29, 0.717) is 24.5 Å². The Morgan fingerprint density at radius 1 is 1.07 bits per heavy atom. The Balaban J connectivity index is 1.39. The third-order valence-corrected chi connectivity index (χ3v) is 6.30. The summed E-state index contributed by atoms with van der Waals surface area (Å²) in [5.41, 5.74) is 4.55. The van der Waals surface area contributed by atoms with Crippen LogP contribution in [0.3, 0.4) is 0 Å². The number of carbonyl (C=O) groups is 1. The molecule has 0 saturated heterocycles. The van der Waals surface area contributed by atoms with E-state index in [1.807, 2.05) is 43.3 Å². The Kier molecular flexibility index (Phi) is 4.99. The van der Waals surface area contributed by atoms with Gasteiger partial charge in [-0.25, -0.2) is 0 Å². The van der Waals surface area contributed by atoms with Crippen LogP contribution < -0.4 is 14.8 Å². The lowest BCUT2D eigenvalue weighted by atomic mass is 9.94. The van der Waals surface area contributed by atoms with Crippen LogP contribution >= 0.6 is 11.6 Å². The van der Waals surface area contributed by atoms with Crippen LogP contribution in [0.2, 0.25) is 5.02 Å². The summed E-state index contributed by atoms with van der Waals surface area (Å²) in [4.78, 5) is 17.7. The molecule has 1 aliphatic heterocycles. The van der Waals surface area contributed by atoms with E-state index in [0.717, 1.165) is 58.6 Å². The first kappa shape index (κ1) is 19.2. The zero-order valence-electron chi connectivity index (χ0n) is 16.8. The molecule has 1 aromatic heterocycles. The van der Waals surface area contributed by atoms with E-state index < -0.39 is 0 Å². The summed E-state index contributed by atoms with van der Waals surface area (Å²) in [5, 5.41) is 4.76. The van der Waals surface area contributed by atoms with E-state index in [1.54, 1.807) is 0 Å². The summed E-state index contributed by atoms with van der Waals surface area (Å²) in [7, 11) is 0. The number of carbonyl (C=O) groups excluding carboxylic acids is 1. The number of hydrogen-bond donors (Lipinski definition) is 1. The molecule has 3 aromatic rings. The molecular weight excluding hydrogens is 400 g/mol. The summed E-state index contributed by atoms with van der Waals surface area (Å²) >= 11 is 6.65. The van der Waals surface area contributed by atoms with Crippen LogP contribution in [0.4, 0.5) is 0 Å². The highest BCUT2D eigenvalue weighted by atomic mass is 35.5. The number of fused-ring (bicyclic) bond motifs is 3. The molecule has 1 N–H and O–H groups in total. The van der Waals surface area contributed by atoms with E-state index in [-0.39, 0.29) is 11.9 Å². The van der Waals surface area contributed by atoms with E-state index in [2.05, 4.69) is 5.32 Å². The normalized spacial score (nSPS) is 16.1. The Bertz CT molecular complexity index is 1140. The first-order chi connectivity index (χ1) is 14.6. The number of amides is 1. The van der Waals surface area contributed by atoms with Gasteiger partial charge in [-0.1, -0.05) is 23.7 Å². The molecule has 0 radical (unpaired) electrons. The maximum absolute atomic E-state index is 12.9. The molecule has 6 heteroatoms. The molecule has 30 heavy (non-hydrogen) atoms. The molecule has 1 atom stereocenters. The fourth-order valence-electron chi connectivity index (χ4n) is 4.20. The minimum Gasteiger partial charge on any atom is -0.486 e. The monoisotopic (exact) mass is 422 g/mol. The predicted molar refractivity (Wildman–Crippen MR) is 117 cm³/mol. The van der Waals surface area contributed by atoms with Crippen LogP contribution in [-0.2, 0) is 12.8 Å². The minimum absolute atomic E-state index is 0.144. The first-order valence-electron chi connectivity index (χ1n) is 10.4. The number of hydrogen-bond acceptors (Lipinski definition) is 4. The maximum Gasteiger partial charge on any atom is 0.251 e. The minimum atomic E-state index is -0.177. The van der Waals surface area contributed by atoms with Gasteiger partial charge in [0.1, 0.15) is 13.2 Å². The summed E-state index contributed by atoms with van der Waals surface area (Å²) in [6, 6.07) is 11.1. The lowest BCUT2D eigenvalue weighted by molar-refractivity contribution is 0.0940. The quantitative estimate of drug-likeness (QED) is 0.643. The second-order valence-corrected chi connectivity index (χ2v) is 8.27. The van der Waals surface area contributed by atoms with Crippen LogP contribution in [0.25, 0.3) is 10.9 Å². The molecule has 5 nitrogen and oxygen atoms in total. The predicted octanol–water partition coefficient (Wildman–Crippen LogP) is 5.03. The van der Waals surface area contributed by atoms with E-state index >= 15 is 0 Å². The largest absolute Gasteiger partial charge is 0.486 e. The molecule has 1 amide bonds. The topological polar surface area (TPSA) is 60.5 Å². The number of aromatic nitrogens is 1. The summed E-state index contributed by atoms with van der Waals surface area (Å²) < 4.78 is 11.2. The molecule has 0 saturated carbocycles. The number of nitrogens with one attached hydrogen (secondary N) is 1. The van der Waals surface area contributed by atoms with Gasteiger partial charge >= 0.3 is 0 Å². The summed E-state index contributed by atoms with van der Waals surface area (Å²) in [6.07, 6.45) is 4.21. The van der Waals surface area contributed by atoms with Crippen molar-refractivity contribution < 1.29 is 14.3 Å². The number of pyridine rings is 1. The highest BCUT2D eigenvalue weighted by Gasteiger charge is 2.19. The average molecular weight is 423 g/mol. The van der Waals surface area contributed by atoms with Crippen LogP contribution in [0.5, 0.6) is 11.5 Å². The SMILES string of the molecule is C[C@@H](NC(=O)c1ccc2c(Cl)c3c(nc2c1)CCCC3)c1ccc2c(c1)OCCO2. The molecular formula is C24H23ClN2O3. The van der Waals surface area contributed by atoms with Crippen molar-refractivity contribution >= 4 is 28.4 Å². The molecule has 2 aromatic carbocycles. The van der Waals surface area contributed by atoms with E-state index in [1.165, 1.54) is 5.56 Å². The Morgan fingerprint density at radius 2 is 1.87 bits per heavy atom. The van der Waals surface area contributed by atoms with Gasteiger partial charge in [-0.15, -0.1) is 0 Å². The molecule has 0 unspecified atom stereocenters. The van der Waals surface area contributed by atoms with E-state index in [4.69, 9.17) is 26.1 Å². The van der Waals surface area contributed by atoms with Crippen molar-refractivity contribution in [1.29, 1.82) is 0 Å². The zero-order chi connectivity index (χ0) is 20.7. The van der Waals surface area contributed by atoms with Gasteiger partial charge in [0.05, 0.1) is 16.6 Å². The van der Waals surface area contributed by atoms with Crippen LogP contribution in [-0.4, -0.2) is 24.1 Å². The van der Waals surface area contributed by atoms with Crippen LogP contribution in [0.15, 0.2) is 36.4 Å². The zero-order valence-corrected chi connectivity index (χ0v) is 17.6. The molecule has 1 aliphatic carbocycles. The standard InChI is InChI=1S/C24H23ClN2O3/c1-14(15-7-9-21-22(13-15)30-11-10-29-21)26-24(28)16-6-8-18-20(12-16)27-19-5-3-2-4-17(19)23(18)25/h6-9,12-14H,2-5,10-11H2,1H3,(H,26,28)/t14-/m1/s1. The van der Waals surface area contributed by atoms with Crippen molar-refractivity contribution in [2.45, 2.75) is 38.6 Å². The molecule has 5 rings (SSSR count). The summed E-state index contributed by atoms with van der Waals surface area (Å²) in [6.45, 7) is 3.05. The third-order valence-electron chi connectivity index (χ3n) is 5.87. The van der Waals surface area contributed by atoms with Crippen molar-refractivity contribution in [3.05, 3.63) is 63.8 Å². The van der Waals surface area contributed by atoms with Gasteiger partial charge in [0, 0.05) is 16.6 Å². The number of aryl methyl sites for hydroxylation is 1. The first-order valence-corrected chi connectivity index (χ1v) is 10.8. The van der Waals surface area contributed by atoms with Crippen molar-refractivity contribution in [2.24, 2.45) is 0 Å². The lowest BCUT2D eigenvalue weighted by Crippen LogP contribution is -2.27. The maximum atomic E-state index is 12.9.